The van der Waals surface area contributed by atoms with E-state index in [4.69, 9.17) is 38.1 Å². The Morgan fingerprint density at radius 2 is 0.839 bits per heavy atom. The van der Waals surface area contributed by atoms with Crippen molar-refractivity contribution in [2.75, 3.05) is 0 Å². The van der Waals surface area contributed by atoms with Gasteiger partial charge in [-0.15, -0.1) is 0 Å². The van der Waals surface area contributed by atoms with Crippen molar-refractivity contribution >= 4 is 52.3 Å². The third-order valence-corrected chi connectivity index (χ3v) is 21.6. The van der Waals surface area contributed by atoms with Gasteiger partial charge in [0.05, 0.1) is 0 Å². The number of hydrazone groups is 4. The van der Waals surface area contributed by atoms with Crippen LogP contribution in [0.15, 0.2) is 142 Å². The van der Waals surface area contributed by atoms with E-state index in [0.29, 0.717) is 23.6 Å². The Labute approximate surface area is 328 Å². The normalized spacial score (nSPS) is 27.2. The van der Waals surface area contributed by atoms with Gasteiger partial charge in [0.2, 0.25) is 0 Å². The molecule has 4 aromatic rings. The van der Waals surface area contributed by atoms with Crippen molar-refractivity contribution < 1.29 is 26.4 Å². The monoisotopic (exact) mass is 784 g/mol. The fraction of sp³-hybridized carbons (Fsp3) is 0.286. The quantitative estimate of drug-likeness (QED) is 0.194. The number of rotatable bonds is 4. The molecule has 10 rings (SSSR count). The van der Waals surface area contributed by atoms with E-state index in [1.54, 1.807) is 0 Å². The Hall–Kier alpha value is -5.87. The zero-order valence-corrected chi connectivity index (χ0v) is 34.3. The molecule has 4 aromatic carbocycles. The first-order valence-electron chi connectivity index (χ1n) is 19.6. The predicted molar refractivity (Wildman–Crippen MR) is 222 cm³/mol. The summed E-state index contributed by atoms with van der Waals surface area (Å²) in [4.78, 5) is 0. The molecule has 0 aromatic heterocycles. The van der Waals surface area contributed by atoms with Crippen LogP contribution in [0.25, 0.3) is 0 Å². The molecular weight excluding hydrogens is 737 g/mol. The molecule has 0 unspecified atom stereocenters. The molecule has 2 atom stereocenters. The average molecular weight is 785 g/mol. The van der Waals surface area contributed by atoms with Crippen molar-refractivity contribution in [2.45, 2.75) is 77.6 Å². The SMILES string of the molecule is CC1=NN2[C@@H](c3ccccc3)CCC[Si-]23(O1)OC(C)=N/[N+]3=C\c1ccccc1.CC1=NN2[C@H](c3ccccc3)CCC[Si-]23(O1)OC(C)=N/[N+]3=C\c1ccccc1. The Kier molecular flexibility index (Phi) is 8.58. The fourth-order valence-corrected chi connectivity index (χ4v) is 20.1. The molecule has 0 N–H and O–H groups in total. The molecule has 56 heavy (non-hydrogen) atoms. The minimum absolute atomic E-state index is 0.105. The maximum atomic E-state index is 6.59. The predicted octanol–water partition coefficient (Wildman–Crippen LogP) is 8.14. The summed E-state index contributed by atoms with van der Waals surface area (Å²) in [7, 11) is -7.69. The van der Waals surface area contributed by atoms with E-state index in [1.807, 2.05) is 97.4 Å². The van der Waals surface area contributed by atoms with E-state index >= 15 is 0 Å². The molecule has 6 aliphatic heterocycles. The van der Waals surface area contributed by atoms with Crippen LogP contribution in [0.2, 0.25) is 12.1 Å². The van der Waals surface area contributed by atoms with Crippen LogP contribution in [0.1, 0.15) is 87.7 Å². The first-order chi connectivity index (χ1) is 27.2. The van der Waals surface area contributed by atoms with Gasteiger partial charge in [-0.2, -0.15) is 0 Å². The van der Waals surface area contributed by atoms with Crippen LogP contribution < -0.4 is 0 Å². The van der Waals surface area contributed by atoms with Crippen molar-refractivity contribution in [3.63, 3.8) is 0 Å². The van der Waals surface area contributed by atoms with Crippen molar-refractivity contribution in [1.82, 2.24) is 9.35 Å². The molecular formula is C42H48N8O4Si2. The van der Waals surface area contributed by atoms with Gasteiger partial charge in [-0.1, -0.05) is 0 Å². The van der Waals surface area contributed by atoms with Gasteiger partial charge >= 0.3 is 330 Å². The van der Waals surface area contributed by atoms with Crippen molar-refractivity contribution in [3.05, 3.63) is 144 Å². The van der Waals surface area contributed by atoms with Gasteiger partial charge in [-0.25, -0.2) is 0 Å². The third kappa shape index (κ3) is 5.60. The van der Waals surface area contributed by atoms with Crippen LogP contribution in [0.3, 0.4) is 0 Å². The second-order valence-corrected chi connectivity index (χ2v) is 23.5. The van der Waals surface area contributed by atoms with Gasteiger partial charge in [0.15, 0.2) is 0 Å². The first-order valence-corrected chi connectivity index (χ1v) is 24.4. The zero-order valence-electron chi connectivity index (χ0n) is 32.3. The average Bonchev–Trinajstić information content (AvgIpc) is 3.88. The van der Waals surface area contributed by atoms with E-state index < -0.39 is 16.3 Å². The Bertz CT molecular complexity index is 2170. The van der Waals surface area contributed by atoms with Crippen molar-refractivity contribution in [2.24, 2.45) is 20.4 Å². The van der Waals surface area contributed by atoms with Crippen LogP contribution >= 0.6 is 0 Å². The molecule has 0 bridgehead atoms. The van der Waals surface area contributed by atoms with E-state index in [1.165, 1.54) is 11.1 Å². The van der Waals surface area contributed by atoms with E-state index in [9.17, 15) is 0 Å². The van der Waals surface area contributed by atoms with Gasteiger partial charge in [-0.3, -0.25) is 0 Å². The van der Waals surface area contributed by atoms with Crippen LogP contribution in [-0.4, -0.2) is 70.4 Å². The number of benzene rings is 4. The summed E-state index contributed by atoms with van der Waals surface area (Å²) in [5.74, 6) is 2.55. The molecule has 0 amide bonds. The standard InChI is InChI=1S/2C21H24N4O2Si/c2*1-17-22-24(16-19-10-5-3-6-11-19)28(26-17)15-9-14-21(20-12-7-4-8-13-20)25(28)23-18(2)27-28/h2*3-8,10-13,16,21H,9,14-15H2,1-2H3/b2*24-16+/t2*21-/m10/s1. The Balaban J connectivity index is 0.000000146. The summed E-state index contributed by atoms with van der Waals surface area (Å²) in [6, 6.07) is 43.2. The second kappa shape index (κ2) is 13.4. The van der Waals surface area contributed by atoms with Crippen molar-refractivity contribution in [1.29, 1.82) is 0 Å². The molecule has 2 spiro atoms. The topological polar surface area (TPSA) is 98.9 Å². The van der Waals surface area contributed by atoms with Gasteiger partial charge in [0.25, 0.3) is 0 Å². The molecule has 0 saturated carbocycles. The Morgan fingerprint density at radius 1 is 0.500 bits per heavy atom. The molecule has 2 saturated heterocycles. The van der Waals surface area contributed by atoms with Crippen LogP contribution in [-0.2, 0) is 17.7 Å². The number of hydrogen-bond acceptors (Lipinski definition) is 10. The summed E-state index contributed by atoms with van der Waals surface area (Å²) in [6.45, 7) is 7.61. The molecule has 6 aliphatic rings. The molecule has 0 aliphatic carbocycles. The van der Waals surface area contributed by atoms with Crippen molar-refractivity contribution in [3.8, 4) is 0 Å². The van der Waals surface area contributed by atoms with E-state index in [-0.39, 0.29) is 12.1 Å². The first kappa shape index (κ1) is 35.8. The summed E-state index contributed by atoms with van der Waals surface area (Å²) in [6.07, 6.45) is 8.09. The summed E-state index contributed by atoms with van der Waals surface area (Å²) >= 11 is 0. The second-order valence-electron chi connectivity index (χ2n) is 15.3. The fourth-order valence-electron chi connectivity index (χ4n) is 9.39. The molecule has 6 heterocycles. The summed E-state index contributed by atoms with van der Waals surface area (Å²) < 4.78 is 34.6. The summed E-state index contributed by atoms with van der Waals surface area (Å²) in [5.41, 5.74) is 4.58. The van der Waals surface area contributed by atoms with Gasteiger partial charge in [-0.05, 0) is 0 Å². The van der Waals surface area contributed by atoms with Crippen LogP contribution in [0, 0.1) is 0 Å². The third-order valence-electron chi connectivity index (χ3n) is 11.5. The number of nitrogens with zero attached hydrogens (tertiary/aromatic N) is 8. The van der Waals surface area contributed by atoms with Gasteiger partial charge in [0, 0.05) is 0 Å². The van der Waals surface area contributed by atoms with Crippen LogP contribution in [0.5, 0.6) is 0 Å². The zero-order chi connectivity index (χ0) is 38.4. The molecule has 14 heteroatoms. The Morgan fingerprint density at radius 3 is 1.21 bits per heavy atom. The van der Waals surface area contributed by atoms with E-state index in [2.05, 4.69) is 82.1 Å². The minimum atomic E-state index is -3.85. The number of hydrogen-bond donors (Lipinski definition) is 0. The maximum absolute atomic E-state index is 6.59. The summed E-state index contributed by atoms with van der Waals surface area (Å²) in [5, 5.41) is 19.2. The molecule has 288 valence electrons. The molecule has 12 nitrogen and oxygen atoms in total. The van der Waals surface area contributed by atoms with Gasteiger partial charge < -0.3 is 0 Å². The molecule has 2 fully saturated rings. The molecule has 0 radical (unpaired) electrons. The van der Waals surface area contributed by atoms with Gasteiger partial charge in [0.1, 0.15) is 0 Å². The van der Waals surface area contributed by atoms with Crippen LogP contribution in [0.4, 0.5) is 0 Å². The van der Waals surface area contributed by atoms with E-state index in [0.717, 1.165) is 48.9 Å².